The molecule has 0 aromatic heterocycles. The maximum absolute atomic E-state index is 13.4. The lowest BCUT2D eigenvalue weighted by Crippen LogP contribution is -2.20. The lowest BCUT2D eigenvalue weighted by Gasteiger charge is -2.13. The number of amidine groups is 1. The van der Waals surface area contributed by atoms with Crippen molar-refractivity contribution in [3.63, 3.8) is 0 Å². The van der Waals surface area contributed by atoms with Crippen molar-refractivity contribution in [2.75, 3.05) is 6.61 Å². The van der Waals surface area contributed by atoms with Gasteiger partial charge in [0.1, 0.15) is 12.4 Å². The molecule has 3 aromatic carbocycles. The van der Waals surface area contributed by atoms with Gasteiger partial charge in [-0.3, -0.25) is 9.59 Å². The number of aliphatic imine (C=N–C) groups is 1. The van der Waals surface area contributed by atoms with Crippen LogP contribution in [0.3, 0.4) is 0 Å². The maximum Gasteiger partial charge on any atom is 0.279 e. The second-order valence-corrected chi connectivity index (χ2v) is 8.24. The van der Waals surface area contributed by atoms with Crippen LogP contribution in [-0.4, -0.2) is 23.6 Å². The minimum Gasteiger partial charge on any atom is -0.490 e. The summed E-state index contributed by atoms with van der Waals surface area (Å²) in [6.07, 6.45) is 1.69. The highest BCUT2D eigenvalue weighted by atomic mass is 32.2. The Bertz CT molecular complexity index is 1270. The first-order valence-electron chi connectivity index (χ1n) is 10.5. The SMILES string of the molecule is CCOc1cc(/C=C2\SC(=NC(=O)c3ccccc3)NC2=O)ccc1OCc1cccc(F)c1. The molecule has 34 heavy (non-hydrogen) atoms. The van der Waals surface area contributed by atoms with Crippen LogP contribution in [0.2, 0.25) is 0 Å². The van der Waals surface area contributed by atoms with E-state index >= 15 is 0 Å². The van der Waals surface area contributed by atoms with Crippen LogP contribution in [0.1, 0.15) is 28.4 Å². The van der Waals surface area contributed by atoms with Gasteiger partial charge in [0.25, 0.3) is 11.8 Å². The number of hydrogen-bond acceptors (Lipinski definition) is 5. The molecular formula is C26H21FN2O4S. The fourth-order valence-corrected chi connectivity index (χ4v) is 3.98. The van der Waals surface area contributed by atoms with Crippen LogP contribution in [0.25, 0.3) is 6.08 Å². The summed E-state index contributed by atoms with van der Waals surface area (Å²) < 4.78 is 24.9. The molecule has 2 amide bonds. The minimum absolute atomic E-state index is 0.186. The molecule has 0 saturated carbocycles. The van der Waals surface area contributed by atoms with E-state index in [0.717, 1.165) is 17.3 Å². The summed E-state index contributed by atoms with van der Waals surface area (Å²) in [5.74, 6) is -0.0804. The zero-order valence-electron chi connectivity index (χ0n) is 18.3. The first-order chi connectivity index (χ1) is 16.5. The van der Waals surface area contributed by atoms with Crippen molar-refractivity contribution < 1.29 is 23.5 Å². The van der Waals surface area contributed by atoms with Crippen molar-refractivity contribution in [3.8, 4) is 11.5 Å². The van der Waals surface area contributed by atoms with Crippen LogP contribution in [0.5, 0.6) is 11.5 Å². The number of nitrogens with zero attached hydrogens (tertiary/aromatic N) is 1. The van der Waals surface area contributed by atoms with Gasteiger partial charge in [-0.05, 0) is 72.3 Å². The van der Waals surface area contributed by atoms with Gasteiger partial charge in [0, 0.05) is 5.56 Å². The minimum atomic E-state index is -0.428. The molecule has 8 heteroatoms. The molecule has 172 valence electrons. The Morgan fingerprint density at radius 1 is 1.03 bits per heavy atom. The van der Waals surface area contributed by atoms with Gasteiger partial charge in [0.05, 0.1) is 11.5 Å². The summed E-state index contributed by atoms with van der Waals surface area (Å²) in [7, 11) is 0. The van der Waals surface area contributed by atoms with E-state index < -0.39 is 5.91 Å². The molecule has 0 unspecified atom stereocenters. The Morgan fingerprint density at radius 2 is 1.85 bits per heavy atom. The molecule has 0 bridgehead atoms. The van der Waals surface area contributed by atoms with Crippen LogP contribution in [0.15, 0.2) is 82.7 Å². The highest BCUT2D eigenvalue weighted by Crippen LogP contribution is 2.32. The second-order valence-electron chi connectivity index (χ2n) is 7.21. The Hall–Kier alpha value is -3.91. The molecule has 1 saturated heterocycles. The molecule has 6 nitrogen and oxygen atoms in total. The van der Waals surface area contributed by atoms with E-state index in [4.69, 9.17) is 9.47 Å². The Balaban J connectivity index is 1.49. The van der Waals surface area contributed by atoms with Crippen LogP contribution >= 0.6 is 11.8 Å². The molecular weight excluding hydrogens is 455 g/mol. The van der Waals surface area contributed by atoms with Gasteiger partial charge in [0.15, 0.2) is 16.7 Å². The van der Waals surface area contributed by atoms with Crippen molar-refractivity contribution in [2.45, 2.75) is 13.5 Å². The summed E-state index contributed by atoms with van der Waals surface area (Å²) >= 11 is 1.09. The average molecular weight is 477 g/mol. The van der Waals surface area contributed by atoms with Crippen molar-refractivity contribution in [2.24, 2.45) is 4.99 Å². The monoisotopic (exact) mass is 476 g/mol. The number of benzene rings is 3. The Kier molecular flexibility index (Phi) is 7.39. The zero-order valence-corrected chi connectivity index (χ0v) is 19.1. The average Bonchev–Trinajstić information content (AvgIpc) is 3.17. The summed E-state index contributed by atoms with van der Waals surface area (Å²) in [6, 6.07) is 20.1. The van der Waals surface area contributed by atoms with Gasteiger partial charge in [0.2, 0.25) is 0 Å². The van der Waals surface area contributed by atoms with E-state index in [9.17, 15) is 14.0 Å². The Morgan fingerprint density at radius 3 is 2.62 bits per heavy atom. The van der Waals surface area contributed by atoms with E-state index in [2.05, 4.69) is 10.3 Å². The van der Waals surface area contributed by atoms with E-state index in [1.165, 1.54) is 12.1 Å². The topological polar surface area (TPSA) is 77.0 Å². The van der Waals surface area contributed by atoms with Gasteiger partial charge in [-0.2, -0.15) is 4.99 Å². The van der Waals surface area contributed by atoms with Crippen LogP contribution in [-0.2, 0) is 11.4 Å². The van der Waals surface area contributed by atoms with Crippen molar-refractivity contribution in [3.05, 3.63) is 100 Å². The summed E-state index contributed by atoms with van der Waals surface area (Å²) in [5.41, 5.74) is 1.86. The highest BCUT2D eigenvalue weighted by Gasteiger charge is 2.25. The number of amides is 2. The second kappa shape index (κ2) is 10.8. The third-order valence-corrected chi connectivity index (χ3v) is 5.63. The number of rotatable bonds is 7. The smallest absolute Gasteiger partial charge is 0.279 e. The van der Waals surface area contributed by atoms with Gasteiger partial charge in [-0.25, -0.2) is 4.39 Å². The number of carbonyl (C=O) groups excluding carboxylic acids is 2. The van der Waals surface area contributed by atoms with Gasteiger partial charge in [-0.1, -0.05) is 36.4 Å². The molecule has 1 fully saturated rings. The highest BCUT2D eigenvalue weighted by molar-refractivity contribution is 8.18. The van der Waals surface area contributed by atoms with Crippen LogP contribution < -0.4 is 14.8 Å². The predicted molar refractivity (Wildman–Crippen MR) is 130 cm³/mol. The summed E-state index contributed by atoms with van der Waals surface area (Å²) in [5, 5.41) is 2.84. The first kappa shape index (κ1) is 23.3. The number of hydrogen-bond donors (Lipinski definition) is 1. The van der Waals surface area contributed by atoms with Gasteiger partial charge >= 0.3 is 0 Å². The summed E-state index contributed by atoms with van der Waals surface area (Å²) in [4.78, 5) is 29.1. The number of nitrogens with one attached hydrogen (secondary N) is 1. The molecule has 1 N–H and O–H groups in total. The summed E-state index contributed by atoms with van der Waals surface area (Å²) in [6.45, 7) is 2.46. The van der Waals surface area contributed by atoms with E-state index in [0.29, 0.717) is 34.1 Å². The molecule has 1 heterocycles. The molecule has 1 aliphatic rings. The molecule has 4 rings (SSSR count). The quantitative estimate of drug-likeness (QED) is 0.474. The third-order valence-electron chi connectivity index (χ3n) is 4.72. The zero-order chi connectivity index (χ0) is 23.9. The van der Waals surface area contributed by atoms with Crippen molar-refractivity contribution in [1.29, 1.82) is 0 Å². The standard InChI is InChI=1S/C26H21FN2O4S/c1-2-32-22-14-17(11-12-21(22)33-16-18-7-6-10-20(27)13-18)15-23-25(31)29-26(34-23)28-24(30)19-8-4-3-5-9-19/h3-15H,2,16H2,1H3,(H,28,29,30,31)/b23-15-. The molecule has 3 aromatic rings. The largest absolute Gasteiger partial charge is 0.490 e. The molecule has 0 atom stereocenters. The van der Waals surface area contributed by atoms with Crippen molar-refractivity contribution in [1.82, 2.24) is 5.32 Å². The van der Waals surface area contributed by atoms with Gasteiger partial charge in [-0.15, -0.1) is 0 Å². The van der Waals surface area contributed by atoms with E-state index in [1.54, 1.807) is 60.7 Å². The lowest BCUT2D eigenvalue weighted by molar-refractivity contribution is -0.115. The van der Waals surface area contributed by atoms with Crippen molar-refractivity contribution >= 4 is 34.8 Å². The molecule has 0 aliphatic carbocycles. The number of ether oxygens (including phenoxy) is 2. The Labute approximate surface area is 200 Å². The maximum atomic E-state index is 13.4. The number of carbonyl (C=O) groups is 2. The normalized spacial score (nSPS) is 15.4. The van der Waals surface area contributed by atoms with Crippen LogP contribution in [0.4, 0.5) is 4.39 Å². The van der Waals surface area contributed by atoms with E-state index in [-0.39, 0.29) is 23.5 Å². The molecule has 0 spiro atoms. The number of halogens is 1. The number of thioether (sulfide) groups is 1. The lowest BCUT2D eigenvalue weighted by atomic mass is 10.2. The molecule has 0 radical (unpaired) electrons. The predicted octanol–water partition coefficient (Wildman–Crippen LogP) is 5.20. The van der Waals surface area contributed by atoms with E-state index in [1.807, 2.05) is 13.0 Å². The molecule has 1 aliphatic heterocycles. The fourth-order valence-electron chi connectivity index (χ4n) is 3.16. The third kappa shape index (κ3) is 5.90. The van der Waals surface area contributed by atoms with Gasteiger partial charge < -0.3 is 14.8 Å². The fraction of sp³-hybridized carbons (Fsp3) is 0.115. The first-order valence-corrected chi connectivity index (χ1v) is 11.4. The van der Waals surface area contributed by atoms with Crippen LogP contribution in [0, 0.1) is 5.82 Å².